The fraction of sp³-hybridized carbons (Fsp3) is 0.429. The molecular weight excluding hydrogens is 168 g/mol. The number of rotatable bonds is 2. The molecule has 2 aromatic rings. The van der Waals surface area contributed by atoms with Crippen LogP contribution in [0.1, 0.15) is 13.8 Å². The number of nitrogens with one attached hydrogen (secondary N) is 1. The normalized spacial score (nSPS) is 11.0. The van der Waals surface area contributed by atoms with Gasteiger partial charge in [0.25, 0.3) is 0 Å². The summed E-state index contributed by atoms with van der Waals surface area (Å²) in [5.74, 6) is 0.711. The summed E-state index contributed by atoms with van der Waals surface area (Å²) in [6, 6.07) is 0.315. The predicted molar refractivity (Wildman–Crippen MR) is 47.3 cm³/mol. The number of nitrogens with zero attached hydrogens (tertiary/aromatic N) is 5. The van der Waals surface area contributed by atoms with Gasteiger partial charge in [-0.1, -0.05) is 0 Å². The van der Waals surface area contributed by atoms with Gasteiger partial charge in [0.2, 0.25) is 5.65 Å². The molecule has 0 saturated carbocycles. The molecule has 0 atom stereocenters. The smallest absolute Gasteiger partial charge is 0.221 e. The van der Waals surface area contributed by atoms with E-state index in [-0.39, 0.29) is 0 Å². The Morgan fingerprint density at radius 2 is 2.31 bits per heavy atom. The van der Waals surface area contributed by atoms with Crippen LogP contribution >= 0.6 is 0 Å². The zero-order valence-corrected chi connectivity index (χ0v) is 7.47. The molecule has 0 fully saturated rings. The van der Waals surface area contributed by atoms with Gasteiger partial charge in [-0.3, -0.25) is 0 Å². The molecule has 0 aliphatic carbocycles. The molecule has 68 valence electrons. The number of anilines is 1. The van der Waals surface area contributed by atoms with E-state index < -0.39 is 0 Å². The zero-order chi connectivity index (χ0) is 9.26. The molecule has 0 aliphatic heterocycles. The number of aromatic nitrogens is 5. The fourth-order valence-corrected chi connectivity index (χ4v) is 1.05. The van der Waals surface area contributed by atoms with Crippen molar-refractivity contribution in [1.82, 2.24) is 25.0 Å². The number of fused-ring (bicyclic) bond motifs is 1. The van der Waals surface area contributed by atoms with Crippen LogP contribution in [0.5, 0.6) is 0 Å². The molecule has 1 N–H and O–H groups in total. The lowest BCUT2D eigenvalue weighted by atomic mass is 10.4. The summed E-state index contributed by atoms with van der Waals surface area (Å²) in [4.78, 5) is 4.14. The Balaban J connectivity index is 2.48. The van der Waals surface area contributed by atoms with Crippen molar-refractivity contribution >= 4 is 11.5 Å². The Kier molecular flexibility index (Phi) is 1.80. The van der Waals surface area contributed by atoms with Gasteiger partial charge < -0.3 is 5.32 Å². The van der Waals surface area contributed by atoms with Gasteiger partial charge in [0.15, 0.2) is 5.82 Å². The Morgan fingerprint density at radius 3 is 3.08 bits per heavy atom. The highest BCUT2D eigenvalue weighted by Gasteiger charge is 2.05. The minimum Gasteiger partial charge on any atom is -0.365 e. The van der Waals surface area contributed by atoms with E-state index in [1.165, 1.54) is 0 Å². The monoisotopic (exact) mass is 178 g/mol. The van der Waals surface area contributed by atoms with Crippen molar-refractivity contribution in [2.24, 2.45) is 0 Å². The van der Waals surface area contributed by atoms with Crippen molar-refractivity contribution in [3.05, 3.63) is 12.4 Å². The van der Waals surface area contributed by atoms with Gasteiger partial charge in [-0.25, -0.2) is 4.98 Å². The molecule has 0 saturated heterocycles. The van der Waals surface area contributed by atoms with Crippen LogP contribution in [-0.2, 0) is 0 Å². The van der Waals surface area contributed by atoms with E-state index in [2.05, 4.69) is 25.8 Å². The molecule has 0 aliphatic rings. The molecule has 13 heavy (non-hydrogen) atoms. The predicted octanol–water partition coefficient (Wildman–Crippen LogP) is 0.340. The van der Waals surface area contributed by atoms with Gasteiger partial charge in [-0.2, -0.15) is 4.52 Å². The van der Waals surface area contributed by atoms with Gasteiger partial charge in [0.1, 0.15) is 0 Å². The Labute approximate surface area is 75.0 Å². The van der Waals surface area contributed by atoms with Crippen LogP contribution in [0.2, 0.25) is 0 Å². The summed E-state index contributed by atoms with van der Waals surface area (Å²) < 4.78 is 1.58. The average molecular weight is 178 g/mol. The van der Waals surface area contributed by atoms with Crippen LogP contribution in [0, 0.1) is 0 Å². The summed E-state index contributed by atoms with van der Waals surface area (Å²) in [6.07, 6.45) is 3.37. The Morgan fingerprint density at radius 1 is 1.46 bits per heavy atom. The second-order valence-electron chi connectivity index (χ2n) is 3.02. The van der Waals surface area contributed by atoms with Crippen LogP contribution in [0.4, 0.5) is 5.82 Å². The number of hydrogen-bond donors (Lipinski definition) is 1. The van der Waals surface area contributed by atoms with Crippen molar-refractivity contribution in [2.45, 2.75) is 19.9 Å². The molecule has 0 unspecified atom stereocenters. The molecule has 2 rings (SSSR count). The molecule has 0 spiro atoms. The van der Waals surface area contributed by atoms with E-state index >= 15 is 0 Å². The Bertz CT molecular complexity index is 406. The van der Waals surface area contributed by atoms with Gasteiger partial charge in [0.05, 0.1) is 6.20 Å². The lowest BCUT2D eigenvalue weighted by molar-refractivity contribution is 0.818. The first kappa shape index (κ1) is 7.90. The molecule has 0 bridgehead atoms. The molecule has 0 radical (unpaired) electrons. The standard InChI is InChI=1S/C7H10N6/c1-5(2)9-6-7-10-11-12-13(7)4-3-8-6/h3-5H,1-2H3,(H,8,9). The number of tetrazole rings is 1. The van der Waals surface area contributed by atoms with E-state index in [0.717, 1.165) is 0 Å². The van der Waals surface area contributed by atoms with Crippen LogP contribution < -0.4 is 5.32 Å². The van der Waals surface area contributed by atoms with Crippen LogP contribution in [0.3, 0.4) is 0 Å². The lowest BCUT2D eigenvalue weighted by Crippen LogP contribution is -2.12. The van der Waals surface area contributed by atoms with Crippen molar-refractivity contribution in [2.75, 3.05) is 5.32 Å². The number of hydrogen-bond acceptors (Lipinski definition) is 5. The van der Waals surface area contributed by atoms with E-state index in [4.69, 9.17) is 0 Å². The molecule has 0 amide bonds. The molecule has 2 aromatic heterocycles. The zero-order valence-electron chi connectivity index (χ0n) is 7.47. The third-order valence-corrected chi connectivity index (χ3v) is 1.54. The molecule has 2 heterocycles. The second kappa shape index (κ2) is 2.96. The summed E-state index contributed by atoms with van der Waals surface area (Å²) in [7, 11) is 0. The van der Waals surface area contributed by atoms with E-state index in [9.17, 15) is 0 Å². The summed E-state index contributed by atoms with van der Waals surface area (Å²) in [5, 5.41) is 14.3. The topological polar surface area (TPSA) is 68.0 Å². The highest BCUT2D eigenvalue weighted by atomic mass is 15.5. The van der Waals surface area contributed by atoms with Gasteiger partial charge in [-0.15, -0.1) is 5.10 Å². The fourth-order valence-electron chi connectivity index (χ4n) is 1.05. The molecule has 6 nitrogen and oxygen atoms in total. The van der Waals surface area contributed by atoms with Gasteiger partial charge in [-0.05, 0) is 24.3 Å². The third-order valence-electron chi connectivity index (χ3n) is 1.54. The highest BCUT2D eigenvalue weighted by molar-refractivity contribution is 5.60. The van der Waals surface area contributed by atoms with Crippen LogP contribution in [0.15, 0.2) is 12.4 Å². The van der Waals surface area contributed by atoms with Gasteiger partial charge >= 0.3 is 0 Å². The van der Waals surface area contributed by atoms with Crippen molar-refractivity contribution in [3.63, 3.8) is 0 Å². The second-order valence-corrected chi connectivity index (χ2v) is 3.02. The highest BCUT2D eigenvalue weighted by Crippen LogP contribution is 2.09. The largest absolute Gasteiger partial charge is 0.365 e. The van der Waals surface area contributed by atoms with Crippen LogP contribution in [0.25, 0.3) is 5.65 Å². The lowest BCUT2D eigenvalue weighted by Gasteiger charge is -2.07. The SMILES string of the molecule is CC(C)Nc1nccn2nnnc12. The summed E-state index contributed by atoms with van der Waals surface area (Å²) >= 11 is 0. The summed E-state index contributed by atoms with van der Waals surface area (Å²) in [5.41, 5.74) is 0.649. The molecular formula is C7H10N6. The maximum atomic E-state index is 4.14. The van der Waals surface area contributed by atoms with E-state index in [1.54, 1.807) is 16.9 Å². The summed E-state index contributed by atoms with van der Waals surface area (Å²) in [6.45, 7) is 4.07. The minimum absolute atomic E-state index is 0.315. The maximum absolute atomic E-state index is 4.14. The average Bonchev–Trinajstić information content (AvgIpc) is 2.51. The van der Waals surface area contributed by atoms with Crippen molar-refractivity contribution in [1.29, 1.82) is 0 Å². The third kappa shape index (κ3) is 1.42. The first-order chi connectivity index (χ1) is 6.27. The first-order valence-electron chi connectivity index (χ1n) is 4.06. The first-order valence-corrected chi connectivity index (χ1v) is 4.06. The Hall–Kier alpha value is -1.72. The van der Waals surface area contributed by atoms with Crippen molar-refractivity contribution < 1.29 is 0 Å². The van der Waals surface area contributed by atoms with Gasteiger partial charge in [0, 0.05) is 12.2 Å². The van der Waals surface area contributed by atoms with E-state index in [1.807, 2.05) is 13.8 Å². The molecule has 0 aromatic carbocycles. The van der Waals surface area contributed by atoms with E-state index in [0.29, 0.717) is 17.5 Å². The quantitative estimate of drug-likeness (QED) is 0.718. The minimum atomic E-state index is 0.315. The maximum Gasteiger partial charge on any atom is 0.221 e. The molecule has 6 heteroatoms. The van der Waals surface area contributed by atoms with Crippen molar-refractivity contribution in [3.8, 4) is 0 Å². The van der Waals surface area contributed by atoms with Crippen LogP contribution in [-0.4, -0.2) is 31.1 Å².